The van der Waals surface area contributed by atoms with E-state index in [1.165, 1.54) is 10.9 Å². The fraction of sp³-hybridized carbons (Fsp3) is 0.200. The minimum atomic E-state index is -0.226. The third-order valence-electron chi connectivity index (χ3n) is 2.25. The first-order valence-corrected chi connectivity index (χ1v) is 5.28. The van der Waals surface area contributed by atoms with Crippen LogP contribution in [0, 0.1) is 13.8 Å². The average Bonchev–Trinajstić information content (AvgIpc) is 2.60. The van der Waals surface area contributed by atoms with Crippen LogP contribution in [0.1, 0.15) is 11.1 Å². The molecule has 0 aliphatic heterocycles. The van der Waals surface area contributed by atoms with Crippen LogP contribution in [0.3, 0.4) is 0 Å². The van der Waals surface area contributed by atoms with Crippen LogP contribution in [0.5, 0.6) is 0 Å². The minimum absolute atomic E-state index is 0.226. The molecular weight excluding hydrogens is 258 g/mol. The highest BCUT2D eigenvalue weighted by atomic mass is 79.9. The van der Waals surface area contributed by atoms with Gasteiger partial charge in [-0.3, -0.25) is 0 Å². The predicted octanol–water partition coefficient (Wildman–Crippen LogP) is 1.94. The fourth-order valence-corrected chi connectivity index (χ4v) is 1.72. The lowest BCUT2D eigenvalue weighted by molar-refractivity contribution is 0.977. The average molecular weight is 268 g/mol. The Morgan fingerprint density at radius 1 is 1.33 bits per heavy atom. The van der Waals surface area contributed by atoms with E-state index in [-0.39, 0.29) is 5.69 Å². The molecule has 0 unspecified atom stereocenters. The number of aryl methyl sites for hydroxylation is 2. The summed E-state index contributed by atoms with van der Waals surface area (Å²) in [5.41, 5.74) is 2.79. The molecule has 0 saturated carbocycles. The van der Waals surface area contributed by atoms with Crippen molar-refractivity contribution < 1.29 is 0 Å². The maximum Gasteiger partial charge on any atom is 0.347 e. The Morgan fingerprint density at radius 2 is 1.93 bits per heavy atom. The Labute approximate surface area is 95.1 Å². The summed E-state index contributed by atoms with van der Waals surface area (Å²) in [4.78, 5) is 11.4. The predicted molar refractivity (Wildman–Crippen MR) is 61.4 cm³/mol. The molecule has 0 fully saturated rings. The van der Waals surface area contributed by atoms with E-state index in [0.29, 0.717) is 0 Å². The molecule has 0 radical (unpaired) electrons. The zero-order valence-electron chi connectivity index (χ0n) is 8.41. The van der Waals surface area contributed by atoms with Crippen molar-refractivity contribution in [2.24, 2.45) is 0 Å². The van der Waals surface area contributed by atoms with Gasteiger partial charge in [-0.1, -0.05) is 15.9 Å². The summed E-state index contributed by atoms with van der Waals surface area (Å²) < 4.78 is 2.55. The van der Waals surface area contributed by atoms with Crippen molar-refractivity contribution in [2.45, 2.75) is 13.8 Å². The van der Waals surface area contributed by atoms with Crippen LogP contribution in [-0.2, 0) is 0 Å². The van der Waals surface area contributed by atoms with Gasteiger partial charge in [-0.25, -0.2) is 14.5 Å². The molecule has 0 bridgehead atoms. The third kappa shape index (κ3) is 1.74. The summed E-state index contributed by atoms with van der Waals surface area (Å²) in [7, 11) is 0. The molecule has 0 aliphatic rings. The molecule has 0 atom stereocenters. The van der Waals surface area contributed by atoms with Crippen molar-refractivity contribution in [3.63, 3.8) is 0 Å². The molecule has 5 heteroatoms. The van der Waals surface area contributed by atoms with E-state index in [9.17, 15) is 4.79 Å². The Hall–Kier alpha value is -1.36. The van der Waals surface area contributed by atoms with E-state index in [1.807, 2.05) is 26.0 Å². The molecule has 0 spiro atoms. The topological polar surface area (TPSA) is 50.7 Å². The number of aromatic nitrogens is 3. The first kappa shape index (κ1) is 10.2. The van der Waals surface area contributed by atoms with E-state index in [4.69, 9.17) is 0 Å². The van der Waals surface area contributed by atoms with Gasteiger partial charge in [-0.15, -0.1) is 0 Å². The van der Waals surface area contributed by atoms with Gasteiger partial charge in [0.2, 0.25) is 0 Å². The lowest BCUT2D eigenvalue weighted by atomic mass is 10.1. The van der Waals surface area contributed by atoms with Crippen LogP contribution in [-0.4, -0.2) is 14.8 Å². The maximum atomic E-state index is 11.4. The van der Waals surface area contributed by atoms with Crippen LogP contribution in [0.2, 0.25) is 0 Å². The molecule has 1 N–H and O–H groups in total. The second-order valence-electron chi connectivity index (χ2n) is 3.43. The van der Waals surface area contributed by atoms with Crippen LogP contribution in [0.15, 0.2) is 27.7 Å². The molecule has 15 heavy (non-hydrogen) atoms. The summed E-state index contributed by atoms with van der Waals surface area (Å²) in [6.45, 7) is 3.98. The standard InChI is InChI=1S/C10H10BrN3O/c1-6-3-8(4-7(2)9(6)11)14-5-12-13-10(14)15/h3-5H,1-2H3,(H,13,15). The van der Waals surface area contributed by atoms with Crippen LogP contribution >= 0.6 is 15.9 Å². The second kappa shape index (κ2) is 3.66. The van der Waals surface area contributed by atoms with E-state index >= 15 is 0 Å². The highest BCUT2D eigenvalue weighted by Crippen LogP contribution is 2.23. The Kier molecular flexibility index (Phi) is 2.48. The summed E-state index contributed by atoms with van der Waals surface area (Å²) >= 11 is 3.48. The number of nitrogens with one attached hydrogen (secondary N) is 1. The van der Waals surface area contributed by atoms with E-state index in [2.05, 4.69) is 26.1 Å². The lowest BCUT2D eigenvalue weighted by Gasteiger charge is -2.07. The fourth-order valence-electron chi connectivity index (χ4n) is 1.49. The Morgan fingerprint density at radius 3 is 2.40 bits per heavy atom. The SMILES string of the molecule is Cc1cc(-n2cn[nH]c2=O)cc(C)c1Br. The molecular formula is C10H10BrN3O. The van der Waals surface area contributed by atoms with Gasteiger partial charge in [0.1, 0.15) is 6.33 Å². The number of halogens is 1. The molecule has 0 saturated heterocycles. The first-order chi connectivity index (χ1) is 7.09. The number of H-pyrrole nitrogens is 1. The van der Waals surface area contributed by atoms with Gasteiger partial charge in [-0.05, 0) is 37.1 Å². The van der Waals surface area contributed by atoms with Crippen molar-refractivity contribution in [1.29, 1.82) is 0 Å². The van der Waals surface area contributed by atoms with Gasteiger partial charge in [0, 0.05) is 4.47 Å². The molecule has 0 aliphatic carbocycles. The summed E-state index contributed by atoms with van der Waals surface area (Å²) in [6.07, 6.45) is 1.48. The smallest absolute Gasteiger partial charge is 0.250 e. The number of rotatable bonds is 1. The van der Waals surface area contributed by atoms with Gasteiger partial charge in [0.05, 0.1) is 5.69 Å². The maximum absolute atomic E-state index is 11.4. The van der Waals surface area contributed by atoms with Crippen molar-refractivity contribution in [1.82, 2.24) is 14.8 Å². The molecule has 0 amide bonds. The monoisotopic (exact) mass is 267 g/mol. The Balaban J connectivity index is 2.66. The lowest BCUT2D eigenvalue weighted by Crippen LogP contribution is -2.14. The van der Waals surface area contributed by atoms with Crippen LogP contribution < -0.4 is 5.69 Å². The van der Waals surface area contributed by atoms with Crippen molar-refractivity contribution in [2.75, 3.05) is 0 Å². The van der Waals surface area contributed by atoms with Gasteiger partial charge in [-0.2, -0.15) is 5.10 Å². The van der Waals surface area contributed by atoms with E-state index in [0.717, 1.165) is 21.3 Å². The van der Waals surface area contributed by atoms with Crippen molar-refractivity contribution in [3.8, 4) is 5.69 Å². The minimum Gasteiger partial charge on any atom is -0.250 e. The van der Waals surface area contributed by atoms with Gasteiger partial charge in [0.25, 0.3) is 0 Å². The highest BCUT2D eigenvalue weighted by molar-refractivity contribution is 9.10. The molecule has 1 aromatic heterocycles. The number of benzene rings is 1. The number of nitrogens with zero attached hydrogens (tertiary/aromatic N) is 2. The first-order valence-electron chi connectivity index (χ1n) is 4.49. The number of hydrogen-bond acceptors (Lipinski definition) is 2. The molecule has 78 valence electrons. The second-order valence-corrected chi connectivity index (χ2v) is 4.22. The van der Waals surface area contributed by atoms with Crippen molar-refractivity contribution >= 4 is 15.9 Å². The third-order valence-corrected chi connectivity index (χ3v) is 3.50. The Bertz CT molecular complexity index is 533. The van der Waals surface area contributed by atoms with Crippen molar-refractivity contribution in [3.05, 3.63) is 44.5 Å². The van der Waals surface area contributed by atoms with Crippen LogP contribution in [0.4, 0.5) is 0 Å². The van der Waals surface area contributed by atoms with Gasteiger partial charge < -0.3 is 0 Å². The molecule has 1 aromatic carbocycles. The summed E-state index contributed by atoms with van der Waals surface area (Å²) in [6, 6.07) is 3.88. The molecule has 2 rings (SSSR count). The number of hydrogen-bond donors (Lipinski definition) is 1. The normalized spacial score (nSPS) is 10.6. The van der Waals surface area contributed by atoms with Gasteiger partial charge >= 0.3 is 5.69 Å². The molecule has 4 nitrogen and oxygen atoms in total. The largest absolute Gasteiger partial charge is 0.347 e. The van der Waals surface area contributed by atoms with E-state index < -0.39 is 0 Å². The van der Waals surface area contributed by atoms with Gasteiger partial charge in [0.15, 0.2) is 0 Å². The van der Waals surface area contributed by atoms with Crippen LogP contribution in [0.25, 0.3) is 5.69 Å². The quantitative estimate of drug-likeness (QED) is 0.859. The zero-order chi connectivity index (χ0) is 11.0. The summed E-state index contributed by atoms with van der Waals surface area (Å²) in [5, 5.41) is 6.06. The summed E-state index contributed by atoms with van der Waals surface area (Å²) in [5.74, 6) is 0. The molecule has 2 aromatic rings. The van der Waals surface area contributed by atoms with E-state index in [1.54, 1.807) is 0 Å². The zero-order valence-corrected chi connectivity index (χ0v) is 10.00. The number of aromatic amines is 1. The highest BCUT2D eigenvalue weighted by Gasteiger charge is 2.05. The molecule has 1 heterocycles.